The Balaban J connectivity index is 2.39. The van der Waals surface area contributed by atoms with Crippen LogP contribution in [0.3, 0.4) is 0 Å². The normalized spacial score (nSPS) is 19.8. The topological polar surface area (TPSA) is 90.0 Å². The third-order valence-corrected chi connectivity index (χ3v) is 7.11. The van der Waals surface area contributed by atoms with Crippen molar-refractivity contribution in [1.29, 1.82) is 0 Å². The van der Waals surface area contributed by atoms with Crippen LogP contribution in [0, 0.1) is 13.8 Å². The summed E-state index contributed by atoms with van der Waals surface area (Å²) in [6, 6.07) is 2.88. The van der Waals surface area contributed by atoms with Gasteiger partial charge in [-0.05, 0) is 49.9 Å². The predicted octanol–water partition coefficient (Wildman–Crippen LogP) is 1.83. The van der Waals surface area contributed by atoms with Gasteiger partial charge >= 0.3 is 0 Å². The summed E-state index contributed by atoms with van der Waals surface area (Å²) in [5.74, 6) is 0.601. The smallest absolute Gasteiger partial charge is 0.264 e. The van der Waals surface area contributed by atoms with Crippen LogP contribution in [0.25, 0.3) is 0 Å². The van der Waals surface area contributed by atoms with Crippen LogP contribution < -0.4 is 4.74 Å². The highest BCUT2D eigenvalue weighted by Gasteiger charge is 2.36. The van der Waals surface area contributed by atoms with E-state index in [9.17, 15) is 16.8 Å². The fraction of sp³-hybridized carbons (Fsp3) is 0.625. The van der Waals surface area contributed by atoms with Crippen molar-refractivity contribution in [3.8, 4) is 5.75 Å². The second-order valence-electron chi connectivity index (χ2n) is 6.34. The van der Waals surface area contributed by atoms with Crippen molar-refractivity contribution in [2.24, 2.45) is 0 Å². The van der Waals surface area contributed by atoms with Crippen molar-refractivity contribution >= 4 is 20.1 Å². The zero-order valence-electron chi connectivity index (χ0n) is 15.0. The summed E-state index contributed by atoms with van der Waals surface area (Å²) in [5, 5.41) is 0. The van der Waals surface area contributed by atoms with Crippen LogP contribution in [0.1, 0.15) is 30.4 Å². The van der Waals surface area contributed by atoms with Gasteiger partial charge in [-0.25, -0.2) is 8.42 Å². The average Bonchev–Trinajstić information content (AvgIpc) is 2.51. The zero-order chi connectivity index (χ0) is 18.8. The maximum Gasteiger partial charge on any atom is 0.264 e. The standard InChI is InChI=1S/C16H25NO6S2/c1-12-9-15(22-3)10-13(2)16(12)25(20,21)17-8-6-5-7-14(17)11-23-24(4,18)19/h9-10,14H,5-8,11H2,1-4H3. The summed E-state index contributed by atoms with van der Waals surface area (Å²) in [6.45, 7) is 3.65. The molecule has 0 saturated carbocycles. The number of sulfonamides is 1. The molecule has 0 amide bonds. The van der Waals surface area contributed by atoms with Crippen molar-refractivity contribution in [3.05, 3.63) is 23.3 Å². The molecular weight excluding hydrogens is 366 g/mol. The lowest BCUT2D eigenvalue weighted by atomic mass is 10.1. The van der Waals surface area contributed by atoms with E-state index in [2.05, 4.69) is 0 Å². The highest BCUT2D eigenvalue weighted by Crippen LogP contribution is 2.31. The van der Waals surface area contributed by atoms with Gasteiger partial charge in [0.1, 0.15) is 5.75 Å². The number of hydrogen-bond acceptors (Lipinski definition) is 6. The van der Waals surface area contributed by atoms with Crippen molar-refractivity contribution < 1.29 is 25.8 Å². The summed E-state index contributed by atoms with van der Waals surface area (Å²) in [4.78, 5) is 0.250. The van der Waals surface area contributed by atoms with Gasteiger partial charge < -0.3 is 4.74 Å². The third kappa shape index (κ3) is 4.72. The third-order valence-electron chi connectivity index (χ3n) is 4.28. The molecule has 1 fully saturated rings. The van der Waals surface area contributed by atoms with E-state index >= 15 is 0 Å². The molecule has 2 rings (SSSR count). The molecule has 1 aliphatic heterocycles. The van der Waals surface area contributed by atoms with E-state index in [0.29, 0.717) is 29.8 Å². The highest BCUT2D eigenvalue weighted by molar-refractivity contribution is 7.89. The number of aryl methyl sites for hydroxylation is 2. The maximum atomic E-state index is 13.2. The molecule has 0 bridgehead atoms. The number of benzene rings is 1. The molecule has 142 valence electrons. The lowest BCUT2D eigenvalue weighted by molar-refractivity contribution is 0.173. The first-order valence-corrected chi connectivity index (χ1v) is 11.3. The number of ether oxygens (including phenoxy) is 1. The van der Waals surface area contributed by atoms with E-state index in [1.54, 1.807) is 26.0 Å². The fourth-order valence-electron chi connectivity index (χ4n) is 3.21. The van der Waals surface area contributed by atoms with Crippen molar-refractivity contribution in [2.45, 2.75) is 44.0 Å². The molecule has 0 N–H and O–H groups in total. The SMILES string of the molecule is COc1cc(C)c(S(=O)(=O)N2CCCCC2COS(C)(=O)=O)c(C)c1. The molecule has 0 aromatic heterocycles. The first-order chi connectivity index (χ1) is 11.6. The minimum absolute atomic E-state index is 0.160. The molecule has 7 nitrogen and oxygen atoms in total. The molecule has 1 atom stereocenters. The number of piperidine rings is 1. The second-order valence-corrected chi connectivity index (χ2v) is 9.82. The van der Waals surface area contributed by atoms with E-state index in [0.717, 1.165) is 19.1 Å². The summed E-state index contributed by atoms with van der Waals surface area (Å²) in [6.07, 6.45) is 3.11. The number of methoxy groups -OCH3 is 1. The molecule has 1 aromatic rings. The summed E-state index contributed by atoms with van der Waals surface area (Å²) in [7, 11) is -5.85. The molecule has 1 unspecified atom stereocenters. The number of nitrogens with zero attached hydrogens (tertiary/aromatic N) is 1. The minimum atomic E-state index is -3.76. The van der Waals surface area contributed by atoms with E-state index < -0.39 is 26.2 Å². The molecule has 1 aliphatic rings. The monoisotopic (exact) mass is 391 g/mol. The van der Waals surface area contributed by atoms with Crippen LogP contribution in [0.4, 0.5) is 0 Å². The lowest BCUT2D eigenvalue weighted by Crippen LogP contribution is -2.46. The van der Waals surface area contributed by atoms with Gasteiger partial charge in [0.25, 0.3) is 10.1 Å². The zero-order valence-corrected chi connectivity index (χ0v) is 16.6. The first kappa shape index (κ1) is 20.2. The van der Waals surface area contributed by atoms with E-state index in [-0.39, 0.29) is 11.5 Å². The molecule has 0 aliphatic carbocycles. The Morgan fingerprint density at radius 2 is 1.72 bits per heavy atom. The Bertz CT molecular complexity index is 809. The lowest BCUT2D eigenvalue weighted by Gasteiger charge is -2.35. The van der Waals surface area contributed by atoms with Crippen LogP contribution in [0.15, 0.2) is 17.0 Å². The van der Waals surface area contributed by atoms with Crippen molar-refractivity contribution in [2.75, 3.05) is 26.5 Å². The van der Waals surface area contributed by atoms with Gasteiger partial charge in [-0.3, -0.25) is 4.18 Å². The predicted molar refractivity (Wildman–Crippen MR) is 94.8 cm³/mol. The Labute approximate surface area is 150 Å². The molecule has 9 heteroatoms. The van der Waals surface area contributed by atoms with Crippen LogP contribution in [0.5, 0.6) is 5.75 Å². The molecule has 0 radical (unpaired) electrons. The Hall–Kier alpha value is -1.16. The number of rotatable bonds is 6. The van der Waals surface area contributed by atoms with Crippen molar-refractivity contribution in [3.63, 3.8) is 0 Å². The Morgan fingerprint density at radius 1 is 1.12 bits per heavy atom. The number of hydrogen-bond donors (Lipinski definition) is 0. The van der Waals surface area contributed by atoms with Gasteiger partial charge in [0.05, 0.1) is 24.9 Å². The second kappa shape index (κ2) is 7.61. The highest BCUT2D eigenvalue weighted by atomic mass is 32.2. The van der Waals surface area contributed by atoms with Crippen molar-refractivity contribution in [1.82, 2.24) is 4.31 Å². The minimum Gasteiger partial charge on any atom is -0.497 e. The molecular formula is C16H25NO6S2. The van der Waals surface area contributed by atoms with Crippen LogP contribution in [-0.4, -0.2) is 53.7 Å². The summed E-state index contributed by atoms with van der Waals surface area (Å²) in [5.41, 5.74) is 1.20. The van der Waals surface area contributed by atoms with Gasteiger partial charge in [0, 0.05) is 12.6 Å². The Kier molecular flexibility index (Phi) is 6.13. The molecule has 1 saturated heterocycles. The fourth-order valence-corrected chi connectivity index (χ4v) is 5.71. The van der Waals surface area contributed by atoms with Gasteiger partial charge in [-0.1, -0.05) is 6.42 Å². The Morgan fingerprint density at radius 3 is 2.24 bits per heavy atom. The first-order valence-electron chi connectivity index (χ1n) is 8.07. The largest absolute Gasteiger partial charge is 0.497 e. The molecule has 0 spiro atoms. The maximum absolute atomic E-state index is 13.2. The van der Waals surface area contributed by atoms with Gasteiger partial charge in [0.2, 0.25) is 10.0 Å². The van der Waals surface area contributed by atoms with Crippen LogP contribution in [-0.2, 0) is 24.3 Å². The van der Waals surface area contributed by atoms with Gasteiger partial charge in [0.15, 0.2) is 0 Å². The summed E-state index contributed by atoms with van der Waals surface area (Å²) >= 11 is 0. The quantitative estimate of drug-likeness (QED) is 0.687. The molecule has 1 heterocycles. The van der Waals surface area contributed by atoms with Crippen LogP contribution >= 0.6 is 0 Å². The van der Waals surface area contributed by atoms with Gasteiger partial charge in [-0.2, -0.15) is 12.7 Å². The van der Waals surface area contributed by atoms with Crippen LogP contribution in [0.2, 0.25) is 0 Å². The van der Waals surface area contributed by atoms with Gasteiger partial charge in [-0.15, -0.1) is 0 Å². The average molecular weight is 392 g/mol. The molecule has 1 aromatic carbocycles. The van der Waals surface area contributed by atoms with E-state index in [4.69, 9.17) is 8.92 Å². The van der Waals surface area contributed by atoms with E-state index in [1.165, 1.54) is 11.4 Å². The summed E-state index contributed by atoms with van der Waals surface area (Å²) < 4.78 is 60.5. The molecule has 25 heavy (non-hydrogen) atoms. The van der Waals surface area contributed by atoms with E-state index in [1.807, 2.05) is 0 Å².